The maximum atomic E-state index is 12.2. The first-order valence-corrected chi connectivity index (χ1v) is 6.48. The number of amides is 1. The van der Waals surface area contributed by atoms with Gasteiger partial charge in [-0.15, -0.1) is 0 Å². The lowest BCUT2D eigenvalue weighted by molar-refractivity contribution is 0.0623. The van der Waals surface area contributed by atoms with Gasteiger partial charge in [-0.1, -0.05) is 18.2 Å². The van der Waals surface area contributed by atoms with Gasteiger partial charge in [0.2, 0.25) is 0 Å². The monoisotopic (exact) mass is 248 g/mol. The largest absolute Gasteiger partial charge is 0.379 e. The third-order valence-electron chi connectivity index (χ3n) is 3.17. The number of ether oxygens (including phenoxy) is 1. The molecule has 0 radical (unpaired) electrons. The van der Waals surface area contributed by atoms with Crippen LogP contribution in [-0.4, -0.2) is 31.7 Å². The fourth-order valence-corrected chi connectivity index (χ4v) is 2.23. The van der Waals surface area contributed by atoms with Crippen molar-refractivity contribution >= 4 is 5.91 Å². The molecule has 1 saturated heterocycles. The Balaban J connectivity index is 2.03. The number of hydrogen-bond acceptors (Lipinski definition) is 3. The molecule has 1 unspecified atom stereocenters. The van der Waals surface area contributed by atoms with Crippen LogP contribution in [0.25, 0.3) is 0 Å². The predicted molar refractivity (Wildman–Crippen MR) is 70.5 cm³/mol. The summed E-state index contributed by atoms with van der Waals surface area (Å²) in [5, 5.41) is 3.03. The van der Waals surface area contributed by atoms with Gasteiger partial charge >= 0.3 is 0 Å². The zero-order valence-corrected chi connectivity index (χ0v) is 10.5. The molecular formula is C14H20N2O2. The second-order valence-corrected chi connectivity index (χ2v) is 4.58. The molecule has 3 N–H and O–H groups in total. The third-order valence-corrected chi connectivity index (χ3v) is 3.17. The summed E-state index contributed by atoms with van der Waals surface area (Å²) in [5.41, 5.74) is 7.30. The van der Waals surface area contributed by atoms with Crippen molar-refractivity contribution in [2.75, 3.05) is 19.8 Å². The molecule has 1 aromatic rings. The first-order valence-electron chi connectivity index (χ1n) is 6.48. The van der Waals surface area contributed by atoms with Crippen LogP contribution in [0.5, 0.6) is 0 Å². The Morgan fingerprint density at radius 3 is 3.00 bits per heavy atom. The fraction of sp³-hybridized carbons (Fsp3) is 0.500. The van der Waals surface area contributed by atoms with Crippen LogP contribution in [0.2, 0.25) is 0 Å². The average Bonchev–Trinajstić information content (AvgIpc) is 2.41. The molecule has 18 heavy (non-hydrogen) atoms. The molecule has 2 rings (SSSR count). The van der Waals surface area contributed by atoms with E-state index in [2.05, 4.69) is 5.32 Å². The number of nitrogens with one attached hydrogen (secondary N) is 1. The molecule has 1 amide bonds. The smallest absolute Gasteiger partial charge is 0.251 e. The van der Waals surface area contributed by atoms with E-state index in [9.17, 15) is 4.79 Å². The zero-order chi connectivity index (χ0) is 12.8. The van der Waals surface area contributed by atoms with E-state index in [1.165, 1.54) is 0 Å². The molecular weight excluding hydrogens is 228 g/mol. The SMILES string of the molecule is NCCc1ccccc1C(=O)NC1CCCOC1. The summed E-state index contributed by atoms with van der Waals surface area (Å²) in [7, 11) is 0. The molecule has 0 saturated carbocycles. The highest BCUT2D eigenvalue weighted by molar-refractivity contribution is 5.95. The minimum absolute atomic E-state index is 0.0189. The molecule has 4 heteroatoms. The Hall–Kier alpha value is -1.39. The molecule has 1 aliphatic rings. The van der Waals surface area contributed by atoms with E-state index in [0.717, 1.165) is 37.0 Å². The van der Waals surface area contributed by atoms with Crippen molar-refractivity contribution in [1.29, 1.82) is 0 Å². The van der Waals surface area contributed by atoms with Gasteiger partial charge in [-0.05, 0) is 37.4 Å². The van der Waals surface area contributed by atoms with Gasteiger partial charge in [0, 0.05) is 12.2 Å². The third kappa shape index (κ3) is 3.31. The molecule has 1 heterocycles. The van der Waals surface area contributed by atoms with Crippen LogP contribution >= 0.6 is 0 Å². The lowest BCUT2D eigenvalue weighted by Crippen LogP contribution is -2.40. The maximum absolute atomic E-state index is 12.2. The minimum atomic E-state index is -0.0189. The second kappa shape index (κ2) is 6.52. The fourth-order valence-electron chi connectivity index (χ4n) is 2.23. The number of carbonyl (C=O) groups is 1. The standard InChI is InChI=1S/C14H20N2O2/c15-8-7-11-4-1-2-6-13(11)14(17)16-12-5-3-9-18-10-12/h1-2,4,6,12H,3,5,7-10,15H2,(H,16,17). The lowest BCUT2D eigenvalue weighted by Gasteiger charge is -2.23. The molecule has 1 aromatic carbocycles. The van der Waals surface area contributed by atoms with Crippen molar-refractivity contribution in [1.82, 2.24) is 5.32 Å². The van der Waals surface area contributed by atoms with E-state index >= 15 is 0 Å². The van der Waals surface area contributed by atoms with Gasteiger partial charge in [0.05, 0.1) is 12.6 Å². The van der Waals surface area contributed by atoms with Crippen LogP contribution in [0.15, 0.2) is 24.3 Å². The molecule has 98 valence electrons. The van der Waals surface area contributed by atoms with Crippen LogP contribution in [0.3, 0.4) is 0 Å². The van der Waals surface area contributed by atoms with Crippen LogP contribution in [0.1, 0.15) is 28.8 Å². The molecule has 1 aliphatic heterocycles. The normalized spacial score (nSPS) is 19.5. The minimum Gasteiger partial charge on any atom is -0.379 e. The molecule has 0 aliphatic carbocycles. The van der Waals surface area contributed by atoms with Crippen molar-refractivity contribution in [3.63, 3.8) is 0 Å². The second-order valence-electron chi connectivity index (χ2n) is 4.58. The van der Waals surface area contributed by atoms with E-state index in [1.54, 1.807) is 0 Å². The summed E-state index contributed by atoms with van der Waals surface area (Å²) in [4.78, 5) is 12.2. The molecule has 4 nitrogen and oxygen atoms in total. The zero-order valence-electron chi connectivity index (χ0n) is 10.5. The Kier molecular flexibility index (Phi) is 4.73. The highest BCUT2D eigenvalue weighted by atomic mass is 16.5. The van der Waals surface area contributed by atoms with Gasteiger partial charge in [0.25, 0.3) is 5.91 Å². The van der Waals surface area contributed by atoms with Crippen molar-refractivity contribution in [3.8, 4) is 0 Å². The summed E-state index contributed by atoms with van der Waals surface area (Å²) < 4.78 is 5.36. The Morgan fingerprint density at radius 1 is 1.44 bits per heavy atom. The quantitative estimate of drug-likeness (QED) is 0.838. The Bertz CT molecular complexity index is 401. The number of nitrogens with two attached hydrogens (primary N) is 1. The van der Waals surface area contributed by atoms with E-state index < -0.39 is 0 Å². The van der Waals surface area contributed by atoms with Crippen molar-refractivity contribution < 1.29 is 9.53 Å². The highest BCUT2D eigenvalue weighted by Crippen LogP contribution is 2.11. The average molecular weight is 248 g/mol. The van der Waals surface area contributed by atoms with Crippen LogP contribution < -0.4 is 11.1 Å². The molecule has 0 spiro atoms. The number of rotatable bonds is 4. The van der Waals surface area contributed by atoms with Crippen molar-refractivity contribution in [3.05, 3.63) is 35.4 Å². The van der Waals surface area contributed by atoms with Gasteiger partial charge in [-0.2, -0.15) is 0 Å². The molecule has 0 aromatic heterocycles. The summed E-state index contributed by atoms with van der Waals surface area (Å²) in [6.07, 6.45) is 2.73. The van der Waals surface area contributed by atoms with Gasteiger partial charge in [-0.25, -0.2) is 0 Å². The summed E-state index contributed by atoms with van der Waals surface area (Å²) in [6, 6.07) is 7.76. The molecule has 1 fully saturated rings. The van der Waals surface area contributed by atoms with Crippen LogP contribution in [-0.2, 0) is 11.2 Å². The van der Waals surface area contributed by atoms with Gasteiger partial charge in [0.1, 0.15) is 0 Å². The topological polar surface area (TPSA) is 64.4 Å². The van der Waals surface area contributed by atoms with Gasteiger partial charge < -0.3 is 15.8 Å². The number of carbonyl (C=O) groups excluding carboxylic acids is 1. The van der Waals surface area contributed by atoms with Crippen LogP contribution in [0.4, 0.5) is 0 Å². The van der Waals surface area contributed by atoms with E-state index in [4.69, 9.17) is 10.5 Å². The first kappa shape index (κ1) is 13.1. The van der Waals surface area contributed by atoms with Crippen molar-refractivity contribution in [2.45, 2.75) is 25.3 Å². The van der Waals surface area contributed by atoms with Crippen molar-refractivity contribution in [2.24, 2.45) is 5.73 Å². The first-order chi connectivity index (χ1) is 8.81. The number of hydrogen-bond donors (Lipinski definition) is 2. The Morgan fingerprint density at radius 2 is 2.28 bits per heavy atom. The van der Waals surface area contributed by atoms with Gasteiger partial charge in [-0.3, -0.25) is 4.79 Å². The lowest BCUT2D eigenvalue weighted by atomic mass is 10.0. The van der Waals surface area contributed by atoms with E-state index in [0.29, 0.717) is 13.2 Å². The summed E-state index contributed by atoms with van der Waals surface area (Å²) >= 11 is 0. The van der Waals surface area contributed by atoms with E-state index in [1.807, 2.05) is 24.3 Å². The summed E-state index contributed by atoms with van der Waals surface area (Å²) in [5.74, 6) is -0.0189. The summed E-state index contributed by atoms with van der Waals surface area (Å²) in [6.45, 7) is 1.97. The van der Waals surface area contributed by atoms with E-state index in [-0.39, 0.29) is 11.9 Å². The number of benzene rings is 1. The highest BCUT2D eigenvalue weighted by Gasteiger charge is 2.18. The van der Waals surface area contributed by atoms with Gasteiger partial charge in [0.15, 0.2) is 0 Å². The van der Waals surface area contributed by atoms with Crippen LogP contribution in [0, 0.1) is 0 Å². The maximum Gasteiger partial charge on any atom is 0.251 e. The molecule has 1 atom stereocenters. The molecule has 0 bridgehead atoms. The Labute approximate surface area is 108 Å². The predicted octanol–water partition coefficient (Wildman–Crippen LogP) is 1.10.